The average Bonchev–Trinajstić information content (AvgIpc) is 3.16. The fourth-order valence-corrected chi connectivity index (χ4v) is 3.85. The van der Waals surface area contributed by atoms with Gasteiger partial charge in [-0.1, -0.05) is 0 Å². The summed E-state index contributed by atoms with van der Waals surface area (Å²) in [6.07, 6.45) is 1.81. The van der Waals surface area contributed by atoms with Crippen LogP contribution in [0, 0.1) is 0 Å². The van der Waals surface area contributed by atoms with Gasteiger partial charge in [0.2, 0.25) is 5.78 Å². The highest BCUT2D eigenvalue weighted by Gasteiger charge is 2.29. The van der Waals surface area contributed by atoms with E-state index in [9.17, 15) is 9.90 Å². The lowest BCUT2D eigenvalue weighted by atomic mass is 10.1. The third kappa shape index (κ3) is 2.41. The van der Waals surface area contributed by atoms with Crippen LogP contribution in [-0.2, 0) is 13.1 Å². The average molecular weight is 362 g/mol. The summed E-state index contributed by atoms with van der Waals surface area (Å²) in [7, 11) is 1.64. The Bertz CT molecular complexity index is 1130. The molecule has 0 amide bonds. The molecule has 2 aliphatic heterocycles. The molecule has 0 atom stereocenters. The topological polar surface area (TPSA) is 72.7 Å². The second-order valence-corrected chi connectivity index (χ2v) is 6.69. The van der Waals surface area contributed by atoms with E-state index in [0.717, 1.165) is 47.5 Å². The number of ether oxygens (including phenoxy) is 2. The highest BCUT2D eigenvalue weighted by molar-refractivity contribution is 6.15. The summed E-state index contributed by atoms with van der Waals surface area (Å²) < 4.78 is 13.4. The van der Waals surface area contributed by atoms with Gasteiger partial charge in [0.25, 0.3) is 0 Å². The molecule has 5 rings (SSSR count). The molecule has 6 heteroatoms. The van der Waals surface area contributed by atoms with Crippen LogP contribution in [0.4, 0.5) is 0 Å². The number of carbonyl (C=O) groups is 1. The number of fused-ring (bicyclic) bond motifs is 4. The minimum absolute atomic E-state index is 0.0726. The van der Waals surface area contributed by atoms with Crippen LogP contribution in [0.5, 0.6) is 17.2 Å². The Balaban J connectivity index is 1.69. The van der Waals surface area contributed by atoms with E-state index in [2.05, 4.69) is 16.0 Å². The third-order valence-electron chi connectivity index (χ3n) is 5.15. The van der Waals surface area contributed by atoms with Crippen LogP contribution < -0.4 is 14.8 Å². The van der Waals surface area contributed by atoms with Crippen LogP contribution in [-0.4, -0.2) is 29.1 Å². The van der Waals surface area contributed by atoms with Crippen molar-refractivity contribution in [3.8, 4) is 17.2 Å². The van der Waals surface area contributed by atoms with Gasteiger partial charge in [-0.15, -0.1) is 0 Å². The number of phenolic OH excluding ortho intramolecular Hbond substituents is 1. The highest BCUT2D eigenvalue weighted by Crippen LogP contribution is 2.37. The number of nitrogens with zero attached hydrogens (tertiary/aromatic N) is 1. The monoisotopic (exact) mass is 362 g/mol. The van der Waals surface area contributed by atoms with Crippen molar-refractivity contribution in [3.05, 3.63) is 59.0 Å². The maximum absolute atomic E-state index is 12.7. The first-order chi connectivity index (χ1) is 13.2. The number of benzene rings is 2. The summed E-state index contributed by atoms with van der Waals surface area (Å²) in [5.41, 5.74) is 3.65. The molecule has 0 radical (unpaired) electrons. The van der Waals surface area contributed by atoms with Gasteiger partial charge in [-0.2, -0.15) is 0 Å². The second-order valence-electron chi connectivity index (χ2n) is 6.69. The maximum atomic E-state index is 12.7. The number of hydrogen-bond donors (Lipinski definition) is 2. The van der Waals surface area contributed by atoms with Gasteiger partial charge in [0, 0.05) is 47.9 Å². The smallest absolute Gasteiger partial charge is 0.231 e. The Morgan fingerprint density at radius 1 is 1.26 bits per heavy atom. The third-order valence-corrected chi connectivity index (χ3v) is 5.15. The van der Waals surface area contributed by atoms with Crippen molar-refractivity contribution in [2.24, 2.45) is 0 Å². The number of aromatic hydroxyl groups is 1. The summed E-state index contributed by atoms with van der Waals surface area (Å²) in [4.78, 5) is 12.7. The summed E-state index contributed by atoms with van der Waals surface area (Å²) >= 11 is 0. The van der Waals surface area contributed by atoms with Crippen LogP contribution in [0.15, 0.2) is 42.2 Å². The van der Waals surface area contributed by atoms with E-state index in [4.69, 9.17) is 9.47 Å². The number of methoxy groups -OCH3 is 1. The maximum Gasteiger partial charge on any atom is 0.231 e. The minimum atomic E-state index is -0.176. The van der Waals surface area contributed by atoms with E-state index in [1.54, 1.807) is 19.3 Å². The fraction of sp³-hybridized carbons (Fsp3) is 0.190. The zero-order valence-corrected chi connectivity index (χ0v) is 14.8. The predicted octanol–water partition coefficient (Wildman–Crippen LogP) is 3.07. The number of aromatic nitrogens is 1. The Kier molecular flexibility index (Phi) is 3.48. The van der Waals surface area contributed by atoms with Gasteiger partial charge in [-0.3, -0.25) is 4.79 Å². The van der Waals surface area contributed by atoms with E-state index >= 15 is 0 Å². The number of nitrogens with one attached hydrogen (secondary N) is 1. The van der Waals surface area contributed by atoms with E-state index in [1.807, 2.05) is 12.1 Å². The van der Waals surface area contributed by atoms with E-state index in [0.29, 0.717) is 11.3 Å². The first-order valence-corrected chi connectivity index (χ1v) is 8.83. The molecule has 6 nitrogen and oxygen atoms in total. The van der Waals surface area contributed by atoms with Crippen molar-refractivity contribution in [1.29, 1.82) is 0 Å². The number of allylic oxidation sites excluding steroid dienone is 1. The summed E-state index contributed by atoms with van der Waals surface area (Å²) in [6, 6.07) is 10.5. The quantitative estimate of drug-likeness (QED) is 0.686. The molecule has 0 saturated carbocycles. The summed E-state index contributed by atoms with van der Waals surface area (Å²) in [6.45, 7) is 2.49. The van der Waals surface area contributed by atoms with Gasteiger partial charge in [0.05, 0.1) is 12.7 Å². The first-order valence-electron chi connectivity index (χ1n) is 8.83. The van der Waals surface area contributed by atoms with Gasteiger partial charge in [0.15, 0.2) is 5.76 Å². The van der Waals surface area contributed by atoms with Gasteiger partial charge in [-0.05, 0) is 36.4 Å². The molecule has 0 saturated heterocycles. The molecule has 2 aliphatic rings. The Morgan fingerprint density at radius 3 is 3.00 bits per heavy atom. The van der Waals surface area contributed by atoms with Crippen molar-refractivity contribution in [1.82, 2.24) is 9.88 Å². The molecule has 0 aliphatic carbocycles. The summed E-state index contributed by atoms with van der Waals surface area (Å²) in [5.74, 6) is 1.32. The van der Waals surface area contributed by atoms with Crippen LogP contribution >= 0.6 is 0 Å². The molecule has 3 heterocycles. The van der Waals surface area contributed by atoms with Gasteiger partial charge in [0.1, 0.15) is 17.2 Å². The molecule has 2 aromatic carbocycles. The van der Waals surface area contributed by atoms with Crippen molar-refractivity contribution in [2.75, 3.05) is 13.7 Å². The van der Waals surface area contributed by atoms with Crippen molar-refractivity contribution < 1.29 is 19.4 Å². The molecule has 2 N–H and O–H groups in total. The molecular weight excluding hydrogens is 344 g/mol. The minimum Gasteiger partial charge on any atom is -0.508 e. The largest absolute Gasteiger partial charge is 0.508 e. The lowest BCUT2D eigenvalue weighted by Gasteiger charge is -2.18. The second kappa shape index (κ2) is 5.89. The first kappa shape index (κ1) is 16.0. The van der Waals surface area contributed by atoms with Gasteiger partial charge >= 0.3 is 0 Å². The van der Waals surface area contributed by atoms with Crippen molar-refractivity contribution in [2.45, 2.75) is 13.1 Å². The standard InChI is InChI=1S/C21H18N2O4/c1-26-13-3-5-17-15(9-13)16(18-11-22-6-7-23(17)18)10-20-21(25)14-4-2-12(24)8-19(14)27-20/h2-5,8-10,22,24H,6-7,11H2,1H3. The Labute approximate surface area is 155 Å². The van der Waals surface area contributed by atoms with Crippen LogP contribution in [0.1, 0.15) is 21.6 Å². The molecule has 3 aromatic rings. The van der Waals surface area contributed by atoms with Crippen LogP contribution in [0.2, 0.25) is 0 Å². The molecule has 0 unspecified atom stereocenters. The Hall–Kier alpha value is -3.25. The molecular formula is C21H18N2O4. The van der Waals surface area contributed by atoms with Gasteiger partial charge in [-0.25, -0.2) is 0 Å². The van der Waals surface area contributed by atoms with E-state index in [1.165, 1.54) is 12.1 Å². The van der Waals surface area contributed by atoms with E-state index < -0.39 is 0 Å². The Morgan fingerprint density at radius 2 is 2.15 bits per heavy atom. The molecule has 0 spiro atoms. The number of rotatable bonds is 2. The molecule has 0 fully saturated rings. The zero-order chi connectivity index (χ0) is 18.5. The molecule has 0 bridgehead atoms. The predicted molar refractivity (Wildman–Crippen MR) is 101 cm³/mol. The number of hydrogen-bond acceptors (Lipinski definition) is 5. The SMILES string of the molecule is COc1ccc2c(c1)c(C=C1Oc3cc(O)ccc3C1=O)c1n2CCNC1. The van der Waals surface area contributed by atoms with Crippen molar-refractivity contribution in [3.63, 3.8) is 0 Å². The normalized spacial score (nSPS) is 17.1. The van der Waals surface area contributed by atoms with Crippen LogP contribution in [0.3, 0.4) is 0 Å². The molecule has 136 valence electrons. The lowest BCUT2D eigenvalue weighted by Crippen LogP contribution is -2.28. The highest BCUT2D eigenvalue weighted by atomic mass is 16.5. The van der Waals surface area contributed by atoms with E-state index in [-0.39, 0.29) is 17.3 Å². The summed E-state index contributed by atoms with van der Waals surface area (Å²) in [5, 5.41) is 14.1. The number of carbonyl (C=O) groups excluding carboxylic acids is 1. The molecule has 1 aromatic heterocycles. The number of phenols is 1. The molecule has 27 heavy (non-hydrogen) atoms. The fourth-order valence-electron chi connectivity index (χ4n) is 3.85. The van der Waals surface area contributed by atoms with Gasteiger partial charge < -0.3 is 24.5 Å². The van der Waals surface area contributed by atoms with Crippen molar-refractivity contribution >= 4 is 22.8 Å². The lowest BCUT2D eigenvalue weighted by molar-refractivity contribution is 0.101. The number of ketones is 1. The number of Topliss-reactive ketones (excluding diaryl/α,β-unsaturated/α-hetero) is 1. The van der Waals surface area contributed by atoms with Crippen LogP contribution in [0.25, 0.3) is 17.0 Å². The zero-order valence-electron chi connectivity index (χ0n) is 14.8.